The number of aromatic nitrogens is 1. The molecule has 0 spiro atoms. The van der Waals surface area contributed by atoms with E-state index in [4.69, 9.17) is 9.72 Å². The molecular formula is C26H29N3O5S. The molecule has 4 rings (SSSR count). The van der Waals surface area contributed by atoms with Gasteiger partial charge in [0.15, 0.2) is 5.78 Å². The van der Waals surface area contributed by atoms with Gasteiger partial charge < -0.3 is 9.64 Å². The molecule has 1 atom stereocenters. The van der Waals surface area contributed by atoms with E-state index in [0.717, 1.165) is 12.0 Å². The predicted molar refractivity (Wildman–Crippen MR) is 135 cm³/mol. The number of anilines is 1. The minimum atomic E-state index is -4.34. The van der Waals surface area contributed by atoms with Gasteiger partial charge in [0.2, 0.25) is 0 Å². The Balaban J connectivity index is 1.79. The third-order valence-corrected chi connectivity index (χ3v) is 7.71. The maximum absolute atomic E-state index is 13.3. The van der Waals surface area contributed by atoms with Gasteiger partial charge in [-0.3, -0.25) is 9.59 Å². The van der Waals surface area contributed by atoms with Crippen molar-refractivity contribution in [1.29, 1.82) is 0 Å². The van der Waals surface area contributed by atoms with Gasteiger partial charge in [-0.1, -0.05) is 31.2 Å². The van der Waals surface area contributed by atoms with Crippen molar-refractivity contribution in [2.24, 2.45) is 5.92 Å². The van der Waals surface area contributed by atoms with E-state index < -0.39 is 26.6 Å². The first-order valence-electron chi connectivity index (χ1n) is 11.4. The molecule has 9 heteroatoms. The number of ketones is 1. The fourth-order valence-electron chi connectivity index (χ4n) is 4.79. The second-order valence-corrected chi connectivity index (χ2v) is 11.2. The lowest BCUT2D eigenvalue weighted by molar-refractivity contribution is -0.114. The number of pyridine rings is 1. The van der Waals surface area contributed by atoms with E-state index in [-0.39, 0.29) is 17.5 Å². The number of methoxy groups -OCH3 is 1. The molecule has 0 saturated carbocycles. The first-order valence-corrected chi connectivity index (χ1v) is 12.9. The molecule has 1 amide bonds. The average molecular weight is 496 g/mol. The smallest absolute Gasteiger partial charge is 0.268 e. The van der Waals surface area contributed by atoms with Crippen molar-refractivity contribution < 1.29 is 22.7 Å². The number of nitrogens with zero attached hydrogens (tertiary/aromatic N) is 2. The van der Waals surface area contributed by atoms with Crippen molar-refractivity contribution in [2.75, 3.05) is 18.6 Å². The molecule has 2 aliphatic rings. The van der Waals surface area contributed by atoms with Crippen LogP contribution in [0.1, 0.15) is 44.0 Å². The van der Waals surface area contributed by atoms with E-state index in [0.29, 0.717) is 29.7 Å². The zero-order valence-electron chi connectivity index (χ0n) is 20.2. The Morgan fingerprint density at radius 1 is 1.20 bits per heavy atom. The Bertz CT molecular complexity index is 1340. The highest BCUT2D eigenvalue weighted by molar-refractivity contribution is 7.95. The molecule has 1 fully saturated rings. The highest BCUT2D eigenvalue weighted by Crippen LogP contribution is 2.39. The highest BCUT2D eigenvalue weighted by atomic mass is 32.2. The Kier molecular flexibility index (Phi) is 6.55. The van der Waals surface area contributed by atoms with Crippen LogP contribution in [0.25, 0.3) is 11.3 Å². The summed E-state index contributed by atoms with van der Waals surface area (Å²) in [7, 11) is -2.76. The van der Waals surface area contributed by atoms with Crippen LogP contribution in [0.5, 0.6) is 5.75 Å². The quantitative estimate of drug-likeness (QED) is 0.649. The molecule has 1 aliphatic carbocycles. The van der Waals surface area contributed by atoms with Crippen molar-refractivity contribution in [1.82, 2.24) is 9.71 Å². The van der Waals surface area contributed by atoms with Crippen LogP contribution < -0.4 is 14.4 Å². The Morgan fingerprint density at radius 3 is 2.60 bits per heavy atom. The molecule has 0 unspecified atom stereocenters. The fourth-order valence-corrected chi connectivity index (χ4v) is 5.90. The van der Waals surface area contributed by atoms with Crippen LogP contribution in [0, 0.1) is 5.92 Å². The van der Waals surface area contributed by atoms with E-state index >= 15 is 0 Å². The summed E-state index contributed by atoms with van der Waals surface area (Å²) in [5.74, 6) is -0.0158. The van der Waals surface area contributed by atoms with Gasteiger partial charge in [0.1, 0.15) is 16.5 Å². The number of allylic oxidation sites excluding steroid dienone is 4. The molecule has 2 aromatic rings. The third kappa shape index (κ3) is 4.86. The molecule has 35 heavy (non-hydrogen) atoms. The number of para-hydroxylation sites is 1. The normalized spacial score (nSPS) is 19.4. The number of hydrogen-bond acceptors (Lipinski definition) is 7. The van der Waals surface area contributed by atoms with Crippen molar-refractivity contribution >= 4 is 27.5 Å². The number of benzene rings is 1. The maximum Gasteiger partial charge on any atom is 0.268 e. The minimum absolute atomic E-state index is 0.0266. The van der Waals surface area contributed by atoms with Gasteiger partial charge in [0.05, 0.1) is 18.4 Å². The van der Waals surface area contributed by atoms with Gasteiger partial charge in [-0.15, -0.1) is 0 Å². The van der Waals surface area contributed by atoms with Gasteiger partial charge in [0.25, 0.3) is 15.9 Å². The van der Waals surface area contributed by atoms with E-state index in [1.54, 1.807) is 25.3 Å². The first kappa shape index (κ1) is 24.7. The standard InChI is InChI=1S/C26H29N3O5S/c1-17-15-26(2,3)29(16-17)24-19(13-14-20(27-24)18-9-5-7-11-22(18)34-4)25(31)28-35(32,33)23-12-8-6-10-21(23)30/h5-9,11-14,17H,10,15-16H2,1-4H3,(H,28,31)/t17-/m0/s1. The van der Waals surface area contributed by atoms with Crippen molar-refractivity contribution in [3.8, 4) is 17.0 Å². The van der Waals surface area contributed by atoms with E-state index in [1.165, 1.54) is 12.2 Å². The average Bonchev–Trinajstić information content (AvgIpc) is 3.10. The number of sulfonamides is 1. The zero-order chi connectivity index (χ0) is 25.4. The van der Waals surface area contributed by atoms with Crippen LogP contribution >= 0.6 is 0 Å². The second-order valence-electron chi connectivity index (χ2n) is 9.52. The van der Waals surface area contributed by atoms with Gasteiger partial charge in [-0.25, -0.2) is 18.1 Å². The van der Waals surface area contributed by atoms with Crippen LogP contribution in [-0.2, 0) is 14.8 Å². The third-order valence-electron chi connectivity index (χ3n) is 6.31. The lowest BCUT2D eigenvalue weighted by Crippen LogP contribution is -2.41. The maximum atomic E-state index is 13.3. The largest absolute Gasteiger partial charge is 0.496 e. The Labute approximate surface area is 205 Å². The molecule has 1 N–H and O–H groups in total. The first-order chi connectivity index (χ1) is 16.5. The lowest BCUT2D eigenvalue weighted by Gasteiger charge is -2.34. The lowest BCUT2D eigenvalue weighted by atomic mass is 9.97. The monoisotopic (exact) mass is 495 g/mol. The Hall–Kier alpha value is -3.46. The number of rotatable bonds is 6. The van der Waals surface area contributed by atoms with Crippen LogP contribution in [0.3, 0.4) is 0 Å². The molecule has 2 heterocycles. The molecule has 184 valence electrons. The minimum Gasteiger partial charge on any atom is -0.496 e. The SMILES string of the molecule is COc1ccccc1-c1ccc(C(=O)NS(=O)(=O)C2=CC=CCC2=O)c(N2C[C@@H](C)CC2(C)C)n1. The van der Waals surface area contributed by atoms with Gasteiger partial charge in [-0.05, 0) is 56.5 Å². The summed E-state index contributed by atoms with van der Waals surface area (Å²) in [6.45, 7) is 6.94. The van der Waals surface area contributed by atoms with E-state index in [9.17, 15) is 18.0 Å². The fraction of sp³-hybridized carbons (Fsp3) is 0.346. The summed E-state index contributed by atoms with van der Waals surface area (Å²) in [4.78, 5) is 31.9. The number of carbonyl (C=O) groups is 2. The summed E-state index contributed by atoms with van der Waals surface area (Å²) in [5.41, 5.74) is 1.17. The van der Waals surface area contributed by atoms with Crippen LogP contribution in [0.4, 0.5) is 5.82 Å². The number of nitrogens with one attached hydrogen (secondary N) is 1. The Morgan fingerprint density at radius 2 is 1.94 bits per heavy atom. The summed E-state index contributed by atoms with van der Waals surface area (Å²) in [6.07, 6.45) is 5.13. The second kappa shape index (κ2) is 9.30. The number of amides is 1. The molecule has 1 aliphatic heterocycles. The molecule has 1 aromatic heterocycles. The molecule has 8 nitrogen and oxygen atoms in total. The van der Waals surface area contributed by atoms with Crippen LogP contribution in [0.15, 0.2) is 59.5 Å². The van der Waals surface area contributed by atoms with Crippen LogP contribution in [-0.4, -0.2) is 44.3 Å². The molecule has 1 saturated heterocycles. The molecule has 0 bridgehead atoms. The molecule has 1 aromatic carbocycles. The van der Waals surface area contributed by atoms with E-state index in [2.05, 4.69) is 25.5 Å². The summed E-state index contributed by atoms with van der Waals surface area (Å²) >= 11 is 0. The summed E-state index contributed by atoms with van der Waals surface area (Å²) in [5, 5.41) is 0. The zero-order valence-corrected chi connectivity index (χ0v) is 21.1. The van der Waals surface area contributed by atoms with E-state index in [1.807, 2.05) is 29.2 Å². The van der Waals surface area contributed by atoms with Crippen molar-refractivity contribution in [3.63, 3.8) is 0 Å². The number of carbonyl (C=O) groups excluding carboxylic acids is 2. The topological polar surface area (TPSA) is 106 Å². The summed E-state index contributed by atoms with van der Waals surface area (Å²) < 4.78 is 33.3. The molecular weight excluding hydrogens is 466 g/mol. The summed E-state index contributed by atoms with van der Waals surface area (Å²) in [6, 6.07) is 10.7. The molecule has 0 radical (unpaired) electrons. The van der Waals surface area contributed by atoms with Crippen molar-refractivity contribution in [3.05, 3.63) is 65.1 Å². The van der Waals surface area contributed by atoms with Gasteiger partial charge in [-0.2, -0.15) is 0 Å². The predicted octanol–water partition coefficient (Wildman–Crippen LogP) is 3.85. The van der Waals surface area contributed by atoms with Gasteiger partial charge >= 0.3 is 0 Å². The number of ether oxygens (including phenoxy) is 1. The van der Waals surface area contributed by atoms with Gasteiger partial charge in [0, 0.05) is 24.1 Å². The number of Topliss-reactive ketones (excluding diaryl/α,β-unsaturated/α-hetero) is 1. The highest BCUT2D eigenvalue weighted by Gasteiger charge is 2.39. The van der Waals surface area contributed by atoms with Crippen molar-refractivity contribution in [2.45, 2.75) is 39.2 Å². The number of hydrogen-bond donors (Lipinski definition) is 1. The van der Waals surface area contributed by atoms with Crippen LogP contribution in [0.2, 0.25) is 0 Å².